The minimum Gasteiger partial charge on any atom is -0.383 e. The van der Waals surface area contributed by atoms with Crippen molar-refractivity contribution < 1.29 is 9.53 Å². The van der Waals surface area contributed by atoms with Gasteiger partial charge in [-0.15, -0.1) is 11.3 Å². The van der Waals surface area contributed by atoms with E-state index in [4.69, 9.17) is 4.74 Å². The molecule has 0 aliphatic heterocycles. The van der Waals surface area contributed by atoms with Gasteiger partial charge in [-0.2, -0.15) is 0 Å². The van der Waals surface area contributed by atoms with Gasteiger partial charge in [0.1, 0.15) is 10.8 Å². The molecule has 7 nitrogen and oxygen atoms in total. The molecule has 0 saturated heterocycles. The summed E-state index contributed by atoms with van der Waals surface area (Å²) in [7, 11) is 1.59. The fourth-order valence-corrected chi connectivity index (χ4v) is 4.27. The smallest absolute Gasteiger partial charge is 0.258 e. The third kappa shape index (κ3) is 5.09. The van der Waals surface area contributed by atoms with Crippen LogP contribution in [0, 0.1) is 6.92 Å². The van der Waals surface area contributed by atoms with E-state index in [0.29, 0.717) is 29.9 Å². The maximum Gasteiger partial charge on any atom is 0.258 e. The lowest BCUT2D eigenvalue weighted by atomic mass is 10.1. The van der Waals surface area contributed by atoms with E-state index in [9.17, 15) is 9.59 Å². The number of benzene rings is 2. The van der Waals surface area contributed by atoms with Gasteiger partial charge < -0.3 is 14.6 Å². The quantitative estimate of drug-likeness (QED) is 0.445. The van der Waals surface area contributed by atoms with Crippen molar-refractivity contribution in [2.45, 2.75) is 19.9 Å². The van der Waals surface area contributed by atoms with E-state index in [2.05, 4.69) is 21.0 Å². The molecule has 0 atom stereocenters. The van der Waals surface area contributed by atoms with E-state index in [0.717, 1.165) is 21.8 Å². The van der Waals surface area contributed by atoms with Crippen molar-refractivity contribution in [3.05, 3.63) is 81.3 Å². The fraction of sp³-hybridized carbons (Fsp3) is 0.250. The van der Waals surface area contributed by atoms with Crippen LogP contribution in [0.5, 0.6) is 0 Å². The van der Waals surface area contributed by atoms with Crippen molar-refractivity contribution in [2.75, 3.05) is 20.3 Å². The maximum absolute atomic E-state index is 13.1. The molecule has 0 fully saturated rings. The molecule has 0 bridgehead atoms. The number of para-hydroxylation sites is 1. The largest absolute Gasteiger partial charge is 0.383 e. The number of hydrogen-bond donors (Lipinski definition) is 1. The zero-order valence-electron chi connectivity index (χ0n) is 18.0. The number of rotatable bonds is 8. The van der Waals surface area contributed by atoms with Gasteiger partial charge >= 0.3 is 0 Å². The van der Waals surface area contributed by atoms with Crippen LogP contribution in [0.25, 0.3) is 21.5 Å². The van der Waals surface area contributed by atoms with Crippen LogP contribution in [0.4, 0.5) is 0 Å². The molecule has 1 amide bonds. The van der Waals surface area contributed by atoms with Crippen molar-refractivity contribution in [1.82, 2.24) is 19.9 Å². The second-order valence-corrected chi connectivity index (χ2v) is 8.39. The summed E-state index contributed by atoms with van der Waals surface area (Å²) in [5, 5.41) is 3.33. The summed E-state index contributed by atoms with van der Waals surface area (Å²) < 4.78 is 5.18. The van der Waals surface area contributed by atoms with Crippen LogP contribution in [0.3, 0.4) is 0 Å². The Hall–Kier alpha value is -3.36. The molecule has 164 valence electrons. The number of hydrogen-bond acceptors (Lipinski definition) is 6. The highest BCUT2D eigenvalue weighted by Gasteiger charge is 2.18. The number of aromatic nitrogens is 3. The van der Waals surface area contributed by atoms with Crippen LogP contribution in [-0.4, -0.2) is 46.0 Å². The van der Waals surface area contributed by atoms with Crippen molar-refractivity contribution in [1.29, 1.82) is 0 Å². The third-order valence-corrected chi connectivity index (χ3v) is 6.01. The standard InChI is InChI=1S/C24H24N4O3S/c1-16-6-5-7-17(12-16)24-25-18(15-32-24)13-22(29)28(10-11-31-2)14-21-26-20-9-4-3-8-19(20)23(30)27-21/h3-9,12,15H,10-11,13-14H2,1-2H3,(H,26,27,30). The Balaban J connectivity index is 1.52. The number of aryl methyl sites for hydroxylation is 1. The monoisotopic (exact) mass is 448 g/mol. The Morgan fingerprint density at radius 2 is 2.00 bits per heavy atom. The van der Waals surface area contributed by atoms with Gasteiger partial charge in [-0.25, -0.2) is 9.97 Å². The van der Waals surface area contributed by atoms with E-state index in [1.807, 2.05) is 36.6 Å². The fourth-order valence-electron chi connectivity index (χ4n) is 3.45. The van der Waals surface area contributed by atoms with E-state index < -0.39 is 0 Å². The highest BCUT2D eigenvalue weighted by molar-refractivity contribution is 7.13. The molecule has 4 aromatic rings. The number of ether oxygens (including phenoxy) is 1. The SMILES string of the molecule is COCCN(Cc1nc2ccccc2c(=O)[nH]1)C(=O)Cc1csc(-c2cccc(C)c2)n1. The molecule has 0 radical (unpaired) electrons. The van der Waals surface area contributed by atoms with Gasteiger partial charge in [0.2, 0.25) is 5.91 Å². The zero-order chi connectivity index (χ0) is 22.5. The summed E-state index contributed by atoms with van der Waals surface area (Å²) in [6, 6.07) is 15.3. The van der Waals surface area contributed by atoms with Crippen LogP contribution in [0.1, 0.15) is 17.1 Å². The Kier molecular flexibility index (Phi) is 6.72. The summed E-state index contributed by atoms with van der Waals surface area (Å²) in [6.07, 6.45) is 0.170. The first-order chi connectivity index (χ1) is 15.5. The average molecular weight is 449 g/mol. The van der Waals surface area contributed by atoms with Crippen molar-refractivity contribution in [3.8, 4) is 10.6 Å². The number of carbonyl (C=O) groups excluding carboxylic acids is 1. The lowest BCUT2D eigenvalue weighted by Gasteiger charge is -2.21. The molecule has 0 saturated carbocycles. The molecule has 4 rings (SSSR count). The van der Waals surface area contributed by atoms with Gasteiger partial charge in [0, 0.05) is 24.6 Å². The van der Waals surface area contributed by atoms with E-state index in [-0.39, 0.29) is 24.4 Å². The Bertz CT molecular complexity index is 1300. The molecule has 0 unspecified atom stereocenters. The Morgan fingerprint density at radius 1 is 1.16 bits per heavy atom. The predicted molar refractivity (Wildman–Crippen MR) is 126 cm³/mol. The Morgan fingerprint density at radius 3 is 2.81 bits per heavy atom. The van der Waals surface area contributed by atoms with Gasteiger partial charge in [-0.3, -0.25) is 9.59 Å². The topological polar surface area (TPSA) is 88.2 Å². The van der Waals surface area contributed by atoms with Crippen LogP contribution >= 0.6 is 11.3 Å². The van der Waals surface area contributed by atoms with E-state index in [1.54, 1.807) is 30.2 Å². The lowest BCUT2D eigenvalue weighted by molar-refractivity contribution is -0.131. The third-order valence-electron chi connectivity index (χ3n) is 5.07. The lowest BCUT2D eigenvalue weighted by Crippen LogP contribution is -2.35. The Labute approximate surface area is 189 Å². The van der Waals surface area contributed by atoms with Crippen LogP contribution in [0.2, 0.25) is 0 Å². The summed E-state index contributed by atoms with van der Waals surface area (Å²) in [5.41, 5.74) is 3.32. The van der Waals surface area contributed by atoms with E-state index >= 15 is 0 Å². The molecule has 2 aromatic heterocycles. The summed E-state index contributed by atoms with van der Waals surface area (Å²) in [4.78, 5) is 39.1. The summed E-state index contributed by atoms with van der Waals surface area (Å²) in [5.74, 6) is 0.343. The zero-order valence-corrected chi connectivity index (χ0v) is 18.8. The number of methoxy groups -OCH3 is 1. The molecule has 2 aromatic carbocycles. The van der Waals surface area contributed by atoms with Gasteiger partial charge in [0.25, 0.3) is 5.56 Å². The number of fused-ring (bicyclic) bond motifs is 1. The van der Waals surface area contributed by atoms with Crippen LogP contribution in [0.15, 0.2) is 58.7 Å². The number of nitrogens with zero attached hydrogens (tertiary/aromatic N) is 3. The number of amides is 1. The molecular weight excluding hydrogens is 424 g/mol. The molecule has 0 aliphatic carbocycles. The second-order valence-electron chi connectivity index (χ2n) is 7.53. The average Bonchev–Trinajstić information content (AvgIpc) is 3.25. The van der Waals surface area contributed by atoms with Crippen molar-refractivity contribution in [3.63, 3.8) is 0 Å². The number of nitrogens with one attached hydrogen (secondary N) is 1. The molecule has 2 heterocycles. The minimum absolute atomic E-state index is 0.0982. The second kappa shape index (κ2) is 9.84. The van der Waals surface area contributed by atoms with Gasteiger partial charge in [0.15, 0.2) is 0 Å². The number of thiazole rings is 1. The van der Waals surface area contributed by atoms with Gasteiger partial charge in [-0.05, 0) is 25.1 Å². The molecule has 0 aliphatic rings. The first-order valence-corrected chi connectivity index (χ1v) is 11.2. The van der Waals surface area contributed by atoms with Crippen LogP contribution < -0.4 is 5.56 Å². The van der Waals surface area contributed by atoms with Gasteiger partial charge in [-0.1, -0.05) is 35.9 Å². The van der Waals surface area contributed by atoms with Crippen molar-refractivity contribution in [2.24, 2.45) is 0 Å². The highest BCUT2D eigenvalue weighted by atomic mass is 32.1. The molecule has 0 spiro atoms. The molecular formula is C24H24N4O3S. The molecule has 32 heavy (non-hydrogen) atoms. The number of H-pyrrole nitrogens is 1. The minimum atomic E-state index is -0.216. The highest BCUT2D eigenvalue weighted by Crippen LogP contribution is 2.25. The molecule has 8 heteroatoms. The maximum atomic E-state index is 13.1. The first kappa shape index (κ1) is 21.9. The summed E-state index contributed by atoms with van der Waals surface area (Å²) >= 11 is 1.52. The number of aromatic amines is 1. The normalized spacial score (nSPS) is 11.1. The first-order valence-electron chi connectivity index (χ1n) is 10.3. The summed E-state index contributed by atoms with van der Waals surface area (Å²) in [6.45, 7) is 3.01. The van der Waals surface area contributed by atoms with Crippen molar-refractivity contribution >= 4 is 28.1 Å². The van der Waals surface area contributed by atoms with Crippen LogP contribution in [-0.2, 0) is 22.5 Å². The van der Waals surface area contributed by atoms with Gasteiger partial charge in [0.05, 0.1) is 36.2 Å². The molecule has 1 N–H and O–H groups in total. The number of carbonyl (C=O) groups is 1. The van der Waals surface area contributed by atoms with E-state index in [1.165, 1.54) is 11.3 Å². The predicted octanol–water partition coefficient (Wildman–Crippen LogP) is 3.57.